The first-order valence-corrected chi connectivity index (χ1v) is 11.2. The molecule has 0 bridgehead atoms. The molecule has 1 aliphatic carbocycles. The van der Waals surface area contributed by atoms with Crippen LogP contribution in [0.5, 0.6) is 0 Å². The van der Waals surface area contributed by atoms with Crippen molar-refractivity contribution in [2.75, 3.05) is 38.9 Å². The van der Waals surface area contributed by atoms with E-state index in [1.165, 1.54) is 32.7 Å². The maximum Gasteiger partial charge on any atom is 0.0947 e. The van der Waals surface area contributed by atoms with Crippen molar-refractivity contribution in [3.05, 3.63) is 120 Å². The van der Waals surface area contributed by atoms with Crippen LogP contribution >= 0.6 is 0 Å². The van der Waals surface area contributed by atoms with Crippen LogP contribution in [0.1, 0.15) is 11.1 Å². The predicted molar refractivity (Wildman–Crippen MR) is 141 cm³/mol. The summed E-state index contributed by atoms with van der Waals surface area (Å²) in [5.74, 6) is 0. The molecule has 6 heteroatoms. The third kappa shape index (κ3) is 7.15. The first-order valence-electron chi connectivity index (χ1n) is 11.2. The van der Waals surface area contributed by atoms with Gasteiger partial charge >= 0.3 is 0 Å². The molecule has 1 aliphatic rings. The van der Waals surface area contributed by atoms with E-state index in [-0.39, 0.29) is 0 Å². The van der Waals surface area contributed by atoms with E-state index in [1.54, 1.807) is 28.4 Å². The summed E-state index contributed by atoms with van der Waals surface area (Å²) in [6.07, 6.45) is 1.10. The van der Waals surface area contributed by atoms with Crippen LogP contribution in [0.2, 0.25) is 0 Å². The lowest BCUT2D eigenvalue weighted by Crippen LogP contribution is -2.19. The van der Waals surface area contributed by atoms with Crippen molar-refractivity contribution in [1.29, 1.82) is 0 Å². The van der Waals surface area contributed by atoms with Gasteiger partial charge in [0.2, 0.25) is 0 Å². The second-order valence-corrected chi connectivity index (χ2v) is 7.41. The molecule has 0 fully saturated rings. The number of benzene rings is 4. The number of hydrogen-bond donors (Lipinski definition) is 0. The van der Waals surface area contributed by atoms with E-state index < -0.39 is 0 Å². The van der Waals surface area contributed by atoms with E-state index in [9.17, 15) is 0 Å². The molecule has 0 aromatic heterocycles. The maximum absolute atomic E-state index is 4.90. The zero-order valence-corrected chi connectivity index (χ0v) is 20.6. The zero-order chi connectivity index (χ0) is 24.9. The molecule has 182 valence electrons. The molecule has 0 radical (unpaired) electrons. The molecule has 0 aliphatic heterocycles. The Hall–Kier alpha value is -3.68. The van der Waals surface area contributed by atoms with Crippen LogP contribution in [0.15, 0.2) is 109 Å². The molecule has 6 nitrogen and oxygen atoms in total. The smallest absolute Gasteiger partial charge is 0.0947 e. The molecular formula is C29H32N2O4. The van der Waals surface area contributed by atoms with E-state index in [0.29, 0.717) is 0 Å². The van der Waals surface area contributed by atoms with Gasteiger partial charge in [0, 0.05) is 0 Å². The Bertz CT molecular complexity index is 1040. The summed E-state index contributed by atoms with van der Waals surface area (Å²) >= 11 is 0. The second-order valence-electron chi connectivity index (χ2n) is 7.41. The minimum atomic E-state index is 0.873. The average molecular weight is 473 g/mol. The molecule has 0 heterocycles. The number of anilines is 2. The van der Waals surface area contributed by atoms with E-state index in [0.717, 1.165) is 17.8 Å². The van der Waals surface area contributed by atoms with Crippen molar-refractivity contribution >= 4 is 11.4 Å². The Labute approximate surface area is 207 Å². The highest BCUT2D eigenvalue weighted by molar-refractivity contribution is 5.76. The van der Waals surface area contributed by atoms with Crippen LogP contribution in [-0.2, 0) is 25.8 Å². The summed E-state index contributed by atoms with van der Waals surface area (Å²) in [7, 11) is 6.21. The van der Waals surface area contributed by atoms with Gasteiger partial charge in [-0.1, -0.05) is 84.9 Å². The second kappa shape index (κ2) is 13.9. The van der Waals surface area contributed by atoms with E-state index >= 15 is 0 Å². The lowest BCUT2D eigenvalue weighted by atomic mass is 10.1. The first kappa shape index (κ1) is 25.9. The van der Waals surface area contributed by atoms with Crippen molar-refractivity contribution in [1.82, 2.24) is 0 Å². The monoisotopic (exact) mass is 472 g/mol. The van der Waals surface area contributed by atoms with Crippen molar-refractivity contribution in [2.45, 2.75) is 6.42 Å². The van der Waals surface area contributed by atoms with Gasteiger partial charge in [-0.3, -0.25) is 19.4 Å². The molecule has 35 heavy (non-hydrogen) atoms. The number of nitrogens with zero attached hydrogens (tertiary/aromatic N) is 2. The van der Waals surface area contributed by atoms with Gasteiger partial charge < -0.3 is 0 Å². The lowest BCUT2D eigenvalue weighted by molar-refractivity contribution is -0.0434. The third-order valence-corrected chi connectivity index (χ3v) is 5.30. The maximum atomic E-state index is 4.90. The first-order chi connectivity index (χ1) is 17.2. The third-order valence-electron chi connectivity index (χ3n) is 5.30. The molecule has 0 saturated carbocycles. The Morgan fingerprint density at radius 1 is 0.429 bits per heavy atom. The minimum Gasteiger partial charge on any atom is -0.252 e. The van der Waals surface area contributed by atoms with Gasteiger partial charge in [0.1, 0.15) is 0 Å². The van der Waals surface area contributed by atoms with Crippen LogP contribution < -0.4 is 10.5 Å². The lowest BCUT2D eigenvalue weighted by Gasteiger charge is -2.17. The van der Waals surface area contributed by atoms with E-state index in [2.05, 4.69) is 48.5 Å². The van der Waals surface area contributed by atoms with Gasteiger partial charge in [0.15, 0.2) is 0 Å². The van der Waals surface area contributed by atoms with Gasteiger partial charge in [0.05, 0.1) is 39.8 Å². The summed E-state index contributed by atoms with van der Waals surface area (Å²) in [6.45, 7) is 0. The summed E-state index contributed by atoms with van der Waals surface area (Å²) < 4.78 is 0. The Morgan fingerprint density at radius 2 is 0.743 bits per heavy atom. The number of rotatable bonds is 6. The van der Waals surface area contributed by atoms with Crippen LogP contribution in [-0.4, -0.2) is 28.4 Å². The van der Waals surface area contributed by atoms with Crippen molar-refractivity contribution in [3.63, 3.8) is 0 Å². The zero-order valence-electron chi connectivity index (χ0n) is 20.6. The fourth-order valence-corrected chi connectivity index (χ4v) is 3.75. The van der Waals surface area contributed by atoms with Crippen molar-refractivity contribution in [2.24, 2.45) is 0 Å². The molecule has 4 aromatic rings. The SMILES string of the molecule is CON(OC)c1ccccc1.CON(OC)c1ccccc1.c1ccc2c(c1)Cc1ccccc1-2. The molecule has 0 N–H and O–H groups in total. The van der Waals surface area contributed by atoms with Gasteiger partial charge in [0.25, 0.3) is 0 Å². The highest BCUT2D eigenvalue weighted by Crippen LogP contribution is 2.35. The molecule has 5 rings (SSSR count). The van der Waals surface area contributed by atoms with E-state index in [4.69, 9.17) is 19.4 Å². The Morgan fingerprint density at radius 3 is 1.09 bits per heavy atom. The molecule has 0 atom stereocenters. The highest BCUT2D eigenvalue weighted by atomic mass is 16.9. The van der Waals surface area contributed by atoms with Crippen molar-refractivity contribution in [3.8, 4) is 11.1 Å². The molecular weight excluding hydrogens is 440 g/mol. The minimum absolute atomic E-state index is 0.873. The summed E-state index contributed by atoms with van der Waals surface area (Å²) in [5.41, 5.74) is 7.50. The van der Waals surface area contributed by atoms with Crippen LogP contribution in [0, 0.1) is 0 Å². The Kier molecular flexibility index (Phi) is 10.3. The largest absolute Gasteiger partial charge is 0.252 e. The summed E-state index contributed by atoms with van der Waals surface area (Å²) in [5, 5.41) is 2.67. The predicted octanol–water partition coefficient (Wildman–Crippen LogP) is 6.49. The van der Waals surface area contributed by atoms with Gasteiger partial charge in [-0.25, -0.2) is 0 Å². The van der Waals surface area contributed by atoms with Crippen LogP contribution in [0.25, 0.3) is 11.1 Å². The molecule has 0 saturated heterocycles. The van der Waals surface area contributed by atoms with Gasteiger partial charge in [-0.15, -0.1) is 10.5 Å². The standard InChI is InChI=1S/C13H10.2C8H11NO2/c1-3-7-12-10(5-1)9-11-6-2-4-8-13(11)12;2*1-10-9(11-2)8-6-4-3-5-7-8/h1-8H,9H2;2*3-7H,1-2H3. The highest BCUT2D eigenvalue weighted by Gasteiger charge is 2.15. The fraction of sp³-hybridized carbons (Fsp3) is 0.172. The topological polar surface area (TPSA) is 43.4 Å². The number of fused-ring (bicyclic) bond motifs is 3. The fourth-order valence-electron chi connectivity index (χ4n) is 3.75. The number of para-hydroxylation sites is 2. The average Bonchev–Trinajstić information content (AvgIpc) is 3.31. The Balaban J connectivity index is 0.000000148. The summed E-state index contributed by atoms with van der Waals surface area (Å²) in [6, 6.07) is 36.4. The van der Waals surface area contributed by atoms with Gasteiger partial charge in [-0.2, -0.15) is 0 Å². The molecule has 0 spiro atoms. The molecule has 0 amide bonds. The summed E-state index contributed by atoms with van der Waals surface area (Å²) in [4.78, 5) is 19.6. The van der Waals surface area contributed by atoms with E-state index in [1.807, 2.05) is 60.7 Å². The van der Waals surface area contributed by atoms with Crippen LogP contribution in [0.3, 0.4) is 0 Å². The van der Waals surface area contributed by atoms with Crippen molar-refractivity contribution < 1.29 is 19.4 Å². The number of hydrogen-bond acceptors (Lipinski definition) is 6. The normalized spacial score (nSPS) is 10.6. The molecule has 4 aromatic carbocycles. The van der Waals surface area contributed by atoms with Gasteiger partial charge in [-0.05, 0) is 52.9 Å². The van der Waals surface area contributed by atoms with Crippen LogP contribution in [0.4, 0.5) is 11.4 Å². The molecule has 0 unspecified atom stereocenters. The quantitative estimate of drug-likeness (QED) is 0.263.